The summed E-state index contributed by atoms with van der Waals surface area (Å²) in [5.74, 6) is 6.43. The zero-order chi connectivity index (χ0) is 11.4. The van der Waals surface area contributed by atoms with Crippen LogP contribution in [0.2, 0.25) is 0 Å². The Morgan fingerprint density at radius 1 is 1.50 bits per heavy atom. The van der Waals surface area contributed by atoms with E-state index < -0.39 is 0 Å². The van der Waals surface area contributed by atoms with Crippen LogP contribution in [0.3, 0.4) is 0 Å². The number of nitrogens with one attached hydrogen (secondary N) is 1. The molecule has 4 heteroatoms. The van der Waals surface area contributed by atoms with E-state index in [2.05, 4.69) is 10.4 Å². The van der Waals surface area contributed by atoms with Crippen molar-refractivity contribution in [3.63, 3.8) is 0 Å². The van der Waals surface area contributed by atoms with Crippen molar-refractivity contribution >= 4 is 0 Å². The third kappa shape index (κ3) is 2.29. The van der Waals surface area contributed by atoms with Crippen LogP contribution in [0.15, 0.2) is 41.3 Å². The molecule has 0 aliphatic heterocycles. The molecule has 2 rings (SSSR count). The van der Waals surface area contributed by atoms with Gasteiger partial charge in [-0.2, -0.15) is 0 Å². The number of pyridine rings is 1. The quantitative estimate of drug-likeness (QED) is 0.604. The molecule has 1 unspecified atom stereocenters. The lowest BCUT2D eigenvalue weighted by atomic mass is 10.0. The summed E-state index contributed by atoms with van der Waals surface area (Å²) >= 11 is 0. The van der Waals surface area contributed by atoms with Crippen molar-refractivity contribution in [1.29, 1.82) is 0 Å². The molecule has 0 saturated heterocycles. The van der Waals surface area contributed by atoms with Gasteiger partial charge in [0.25, 0.3) is 0 Å². The normalized spacial score (nSPS) is 12.6. The standard InChI is InChI=1S/C12H15N3O/c1-9-4-6-16-12(9)11(15-13)7-10-3-2-5-14-8-10/h2-6,8,11,15H,7,13H2,1H3. The number of hydrogen-bond acceptors (Lipinski definition) is 4. The van der Waals surface area contributed by atoms with Crippen LogP contribution in [0.25, 0.3) is 0 Å². The van der Waals surface area contributed by atoms with Crippen molar-refractivity contribution in [2.24, 2.45) is 5.84 Å². The number of furan rings is 1. The Kier molecular flexibility index (Phi) is 3.34. The molecule has 0 aliphatic rings. The molecule has 3 N–H and O–H groups in total. The van der Waals surface area contributed by atoms with Crippen LogP contribution in [0.1, 0.15) is 22.9 Å². The summed E-state index contributed by atoms with van der Waals surface area (Å²) in [7, 11) is 0. The lowest BCUT2D eigenvalue weighted by molar-refractivity contribution is 0.413. The molecule has 2 aromatic heterocycles. The molecule has 0 radical (unpaired) electrons. The second kappa shape index (κ2) is 4.92. The summed E-state index contributed by atoms with van der Waals surface area (Å²) in [6.45, 7) is 2.01. The van der Waals surface area contributed by atoms with Gasteiger partial charge >= 0.3 is 0 Å². The highest BCUT2D eigenvalue weighted by atomic mass is 16.3. The van der Waals surface area contributed by atoms with Gasteiger partial charge in [0, 0.05) is 12.4 Å². The molecule has 2 aromatic rings. The predicted octanol–water partition coefficient (Wildman–Crippen LogP) is 1.73. The number of nitrogens with zero attached hydrogens (tertiary/aromatic N) is 1. The average molecular weight is 217 g/mol. The summed E-state index contributed by atoms with van der Waals surface area (Å²) in [6.07, 6.45) is 6.03. The van der Waals surface area contributed by atoms with Gasteiger partial charge in [0.2, 0.25) is 0 Å². The second-order valence-corrected chi connectivity index (χ2v) is 3.75. The average Bonchev–Trinajstić information content (AvgIpc) is 2.74. The third-order valence-electron chi connectivity index (χ3n) is 2.58. The number of hydrogen-bond donors (Lipinski definition) is 2. The second-order valence-electron chi connectivity index (χ2n) is 3.75. The SMILES string of the molecule is Cc1ccoc1C(Cc1cccnc1)NN. The first-order valence-corrected chi connectivity index (χ1v) is 5.20. The van der Waals surface area contributed by atoms with Crippen molar-refractivity contribution in [1.82, 2.24) is 10.4 Å². The maximum Gasteiger partial charge on any atom is 0.125 e. The highest BCUT2D eigenvalue weighted by Crippen LogP contribution is 2.21. The molecule has 0 spiro atoms. The van der Waals surface area contributed by atoms with Crippen molar-refractivity contribution in [3.8, 4) is 0 Å². The molecule has 0 amide bonds. The fraction of sp³-hybridized carbons (Fsp3) is 0.250. The summed E-state index contributed by atoms with van der Waals surface area (Å²) in [5.41, 5.74) is 5.00. The molecule has 0 bridgehead atoms. The van der Waals surface area contributed by atoms with E-state index in [1.807, 2.05) is 31.3 Å². The maximum absolute atomic E-state index is 5.55. The minimum atomic E-state index is -0.0146. The van der Waals surface area contributed by atoms with Gasteiger partial charge in [-0.1, -0.05) is 6.07 Å². The largest absolute Gasteiger partial charge is 0.467 e. The first-order chi connectivity index (χ1) is 7.81. The van der Waals surface area contributed by atoms with Crippen LogP contribution in [0, 0.1) is 6.92 Å². The molecule has 1 atom stereocenters. The number of nitrogens with two attached hydrogens (primary N) is 1. The highest BCUT2D eigenvalue weighted by Gasteiger charge is 2.15. The first kappa shape index (κ1) is 10.9. The molecule has 2 heterocycles. The summed E-state index contributed by atoms with van der Waals surface area (Å²) in [4.78, 5) is 4.08. The fourth-order valence-electron chi connectivity index (χ4n) is 1.72. The van der Waals surface area contributed by atoms with Gasteiger partial charge < -0.3 is 4.42 Å². The Bertz CT molecular complexity index is 439. The van der Waals surface area contributed by atoms with Gasteiger partial charge in [0.05, 0.1) is 12.3 Å². The molecule has 4 nitrogen and oxygen atoms in total. The summed E-state index contributed by atoms with van der Waals surface area (Å²) in [6, 6.07) is 5.86. The van der Waals surface area contributed by atoms with E-state index >= 15 is 0 Å². The Balaban J connectivity index is 2.16. The van der Waals surface area contributed by atoms with Gasteiger partial charge in [-0.3, -0.25) is 10.8 Å². The van der Waals surface area contributed by atoms with Crippen molar-refractivity contribution in [2.75, 3.05) is 0 Å². The van der Waals surface area contributed by atoms with Crippen LogP contribution in [-0.4, -0.2) is 4.98 Å². The smallest absolute Gasteiger partial charge is 0.125 e. The maximum atomic E-state index is 5.55. The Morgan fingerprint density at radius 3 is 2.94 bits per heavy atom. The fourth-order valence-corrected chi connectivity index (χ4v) is 1.72. The molecular formula is C12H15N3O. The zero-order valence-corrected chi connectivity index (χ0v) is 9.18. The Morgan fingerprint density at radius 2 is 2.38 bits per heavy atom. The number of hydrazine groups is 1. The van der Waals surface area contributed by atoms with Gasteiger partial charge in [0.15, 0.2) is 0 Å². The molecule has 84 valence electrons. The molecular weight excluding hydrogens is 202 g/mol. The summed E-state index contributed by atoms with van der Waals surface area (Å²) < 4.78 is 5.43. The van der Waals surface area contributed by atoms with Gasteiger partial charge in [-0.05, 0) is 36.6 Å². The topological polar surface area (TPSA) is 64.1 Å². The van der Waals surface area contributed by atoms with Crippen LogP contribution < -0.4 is 11.3 Å². The molecule has 0 aliphatic carbocycles. The first-order valence-electron chi connectivity index (χ1n) is 5.20. The van der Waals surface area contributed by atoms with E-state index in [1.54, 1.807) is 12.5 Å². The molecule has 0 saturated carbocycles. The Labute approximate surface area is 94.5 Å². The number of aromatic nitrogens is 1. The van der Waals surface area contributed by atoms with Gasteiger partial charge in [0.1, 0.15) is 5.76 Å². The van der Waals surface area contributed by atoms with E-state index in [1.165, 1.54) is 0 Å². The number of aryl methyl sites for hydroxylation is 1. The zero-order valence-electron chi connectivity index (χ0n) is 9.18. The Hall–Kier alpha value is -1.65. The van der Waals surface area contributed by atoms with Crippen LogP contribution in [0.5, 0.6) is 0 Å². The van der Waals surface area contributed by atoms with Gasteiger partial charge in [-0.25, -0.2) is 5.43 Å². The monoisotopic (exact) mass is 217 g/mol. The van der Waals surface area contributed by atoms with Crippen molar-refractivity contribution in [2.45, 2.75) is 19.4 Å². The van der Waals surface area contributed by atoms with Gasteiger partial charge in [-0.15, -0.1) is 0 Å². The molecule has 0 aromatic carbocycles. The number of rotatable bonds is 4. The minimum Gasteiger partial charge on any atom is -0.467 e. The highest BCUT2D eigenvalue weighted by molar-refractivity contribution is 5.21. The van der Waals surface area contributed by atoms with E-state index in [-0.39, 0.29) is 6.04 Å². The van der Waals surface area contributed by atoms with E-state index in [9.17, 15) is 0 Å². The predicted molar refractivity (Wildman–Crippen MR) is 61.5 cm³/mol. The summed E-state index contributed by atoms with van der Waals surface area (Å²) in [5, 5.41) is 0. The van der Waals surface area contributed by atoms with Crippen LogP contribution >= 0.6 is 0 Å². The van der Waals surface area contributed by atoms with E-state index in [4.69, 9.17) is 10.3 Å². The third-order valence-corrected chi connectivity index (χ3v) is 2.58. The molecule has 0 fully saturated rings. The van der Waals surface area contributed by atoms with Crippen molar-refractivity contribution < 1.29 is 4.42 Å². The minimum absolute atomic E-state index is 0.0146. The van der Waals surface area contributed by atoms with Crippen LogP contribution in [0.4, 0.5) is 0 Å². The molecule has 16 heavy (non-hydrogen) atoms. The lowest BCUT2D eigenvalue weighted by Crippen LogP contribution is -2.29. The van der Waals surface area contributed by atoms with Crippen molar-refractivity contribution in [3.05, 3.63) is 53.7 Å². The van der Waals surface area contributed by atoms with Crippen LogP contribution in [-0.2, 0) is 6.42 Å². The van der Waals surface area contributed by atoms with E-state index in [0.717, 1.165) is 23.3 Å². The van der Waals surface area contributed by atoms with E-state index in [0.29, 0.717) is 0 Å². The lowest BCUT2D eigenvalue weighted by Gasteiger charge is -2.14.